The quantitative estimate of drug-likeness (QED) is 0.451. The lowest BCUT2D eigenvalue weighted by Gasteiger charge is -2.32. The lowest BCUT2D eigenvalue weighted by Crippen LogP contribution is -2.42. The fourth-order valence-electron chi connectivity index (χ4n) is 4.39. The van der Waals surface area contributed by atoms with Crippen molar-refractivity contribution in [2.24, 2.45) is 17.0 Å². The molecule has 0 saturated heterocycles. The zero-order valence-corrected chi connectivity index (χ0v) is 20.6. The van der Waals surface area contributed by atoms with Crippen molar-refractivity contribution < 1.29 is 18.0 Å². The smallest absolute Gasteiger partial charge is 0.238 e. The van der Waals surface area contributed by atoms with E-state index in [9.17, 15) is 18.0 Å². The number of carbonyl (C=O) groups excluding carboxylic acids is 2. The summed E-state index contributed by atoms with van der Waals surface area (Å²) in [4.78, 5) is 28.9. The van der Waals surface area contributed by atoms with Crippen molar-refractivity contribution in [3.63, 3.8) is 0 Å². The van der Waals surface area contributed by atoms with Gasteiger partial charge in [0.15, 0.2) is 0 Å². The van der Waals surface area contributed by atoms with Crippen LogP contribution in [0.2, 0.25) is 0 Å². The molecule has 4 rings (SSSR count). The molecule has 2 amide bonds. The standard InChI is InChI=1S/C28H29N3O4S/c29-36(34,35)24-17-15-23(16-18-24)30-27(32)25-13-7-8-14-26(25)28(33)31(19-21-9-3-1-4-10-21)20-22-11-5-2-6-12-22/h1-12,15-18,25-26H,13-14,19-20H2,(H,30,32)(H2,29,34,35)/t25-,26-/m0/s1. The summed E-state index contributed by atoms with van der Waals surface area (Å²) in [6.07, 6.45) is 4.80. The van der Waals surface area contributed by atoms with Crippen molar-refractivity contribution in [1.29, 1.82) is 0 Å². The Hall–Kier alpha value is -3.75. The Kier molecular flexibility index (Phi) is 7.97. The lowest BCUT2D eigenvalue weighted by molar-refractivity contribution is -0.142. The number of carbonyl (C=O) groups is 2. The highest BCUT2D eigenvalue weighted by atomic mass is 32.2. The van der Waals surface area contributed by atoms with Gasteiger partial charge in [-0.15, -0.1) is 0 Å². The number of hydrogen-bond donors (Lipinski definition) is 2. The van der Waals surface area contributed by atoms with Gasteiger partial charge in [-0.1, -0.05) is 72.8 Å². The molecule has 3 N–H and O–H groups in total. The maximum atomic E-state index is 13.9. The second-order valence-electron chi connectivity index (χ2n) is 8.88. The third kappa shape index (κ3) is 6.47. The Morgan fingerprint density at radius 2 is 1.28 bits per heavy atom. The molecule has 1 aliphatic carbocycles. The molecule has 0 unspecified atom stereocenters. The van der Waals surface area contributed by atoms with E-state index in [4.69, 9.17) is 5.14 Å². The number of amides is 2. The summed E-state index contributed by atoms with van der Waals surface area (Å²) in [6.45, 7) is 0.885. The minimum atomic E-state index is -3.82. The summed E-state index contributed by atoms with van der Waals surface area (Å²) >= 11 is 0. The van der Waals surface area contributed by atoms with E-state index in [2.05, 4.69) is 5.32 Å². The average Bonchev–Trinajstić information content (AvgIpc) is 2.89. The first-order chi connectivity index (χ1) is 17.3. The van der Waals surface area contributed by atoms with E-state index < -0.39 is 21.9 Å². The van der Waals surface area contributed by atoms with E-state index in [1.165, 1.54) is 24.3 Å². The fraction of sp³-hybridized carbons (Fsp3) is 0.214. The molecule has 186 valence electrons. The Labute approximate surface area is 211 Å². The normalized spacial score (nSPS) is 17.4. The first-order valence-corrected chi connectivity index (χ1v) is 13.3. The minimum absolute atomic E-state index is 0.0355. The minimum Gasteiger partial charge on any atom is -0.334 e. The van der Waals surface area contributed by atoms with Crippen LogP contribution in [-0.2, 0) is 32.7 Å². The molecule has 3 aromatic rings. The maximum Gasteiger partial charge on any atom is 0.238 e. The van der Waals surface area contributed by atoms with Gasteiger partial charge in [0.25, 0.3) is 0 Å². The van der Waals surface area contributed by atoms with Crippen LogP contribution in [0.3, 0.4) is 0 Å². The molecule has 0 aliphatic heterocycles. The molecule has 0 saturated carbocycles. The van der Waals surface area contributed by atoms with Crippen LogP contribution in [0.5, 0.6) is 0 Å². The first kappa shape index (κ1) is 25.3. The number of rotatable bonds is 8. The Morgan fingerprint density at radius 1 is 0.778 bits per heavy atom. The average molecular weight is 504 g/mol. The third-order valence-electron chi connectivity index (χ3n) is 6.28. The highest BCUT2D eigenvalue weighted by molar-refractivity contribution is 7.89. The summed E-state index contributed by atoms with van der Waals surface area (Å²) in [5, 5.41) is 7.98. The first-order valence-electron chi connectivity index (χ1n) is 11.8. The Balaban J connectivity index is 1.53. The van der Waals surface area contributed by atoms with Gasteiger partial charge in [-0.25, -0.2) is 13.6 Å². The van der Waals surface area contributed by atoms with E-state index in [1.54, 1.807) is 0 Å². The summed E-state index contributed by atoms with van der Waals surface area (Å²) in [6, 6.07) is 25.3. The predicted molar refractivity (Wildman–Crippen MR) is 139 cm³/mol. The molecule has 7 nitrogen and oxygen atoms in total. The molecule has 0 radical (unpaired) electrons. The summed E-state index contributed by atoms with van der Waals surface area (Å²) in [5.74, 6) is -1.40. The van der Waals surface area contributed by atoms with Gasteiger partial charge in [0.1, 0.15) is 0 Å². The third-order valence-corrected chi connectivity index (χ3v) is 7.21. The van der Waals surface area contributed by atoms with Gasteiger partial charge >= 0.3 is 0 Å². The molecule has 0 spiro atoms. The summed E-state index contributed by atoms with van der Waals surface area (Å²) < 4.78 is 23.0. The Bertz CT molecular complexity index is 1280. The van der Waals surface area contributed by atoms with Crippen molar-refractivity contribution >= 4 is 27.5 Å². The van der Waals surface area contributed by atoms with Crippen LogP contribution in [0.4, 0.5) is 5.69 Å². The summed E-state index contributed by atoms with van der Waals surface area (Å²) in [5.41, 5.74) is 2.48. The number of primary sulfonamides is 1. The molecule has 0 fully saturated rings. The zero-order chi connectivity index (χ0) is 25.5. The number of hydrogen-bond acceptors (Lipinski definition) is 4. The number of anilines is 1. The SMILES string of the molecule is NS(=O)(=O)c1ccc(NC(=O)[C@H]2CC=CC[C@@H]2C(=O)N(Cc2ccccc2)Cc2ccccc2)cc1. The van der Waals surface area contributed by atoms with Crippen LogP contribution in [0, 0.1) is 11.8 Å². The van der Waals surface area contributed by atoms with E-state index >= 15 is 0 Å². The van der Waals surface area contributed by atoms with Crippen molar-refractivity contribution in [3.8, 4) is 0 Å². The van der Waals surface area contributed by atoms with E-state index in [0.717, 1.165) is 11.1 Å². The number of nitrogens with zero attached hydrogens (tertiary/aromatic N) is 1. The Morgan fingerprint density at radius 3 is 1.78 bits per heavy atom. The monoisotopic (exact) mass is 503 g/mol. The second kappa shape index (κ2) is 11.3. The van der Waals surface area contributed by atoms with Gasteiger partial charge in [-0.3, -0.25) is 9.59 Å². The van der Waals surface area contributed by atoms with Crippen LogP contribution in [0.1, 0.15) is 24.0 Å². The summed E-state index contributed by atoms with van der Waals surface area (Å²) in [7, 11) is -3.82. The van der Waals surface area contributed by atoms with Gasteiger partial charge in [-0.05, 0) is 48.2 Å². The molecule has 0 aromatic heterocycles. The van der Waals surface area contributed by atoms with Gasteiger partial charge in [0.05, 0.1) is 16.7 Å². The molecule has 8 heteroatoms. The molecule has 1 aliphatic rings. The van der Waals surface area contributed by atoms with Crippen molar-refractivity contribution in [2.75, 3.05) is 5.32 Å². The van der Waals surface area contributed by atoms with E-state index in [1.807, 2.05) is 77.7 Å². The highest BCUT2D eigenvalue weighted by Gasteiger charge is 2.36. The second-order valence-corrected chi connectivity index (χ2v) is 10.4. The molecule has 36 heavy (non-hydrogen) atoms. The predicted octanol–water partition coefficient (Wildman–Crippen LogP) is 4.08. The fourth-order valence-corrected chi connectivity index (χ4v) is 4.91. The van der Waals surface area contributed by atoms with Crippen LogP contribution in [-0.4, -0.2) is 25.1 Å². The zero-order valence-electron chi connectivity index (χ0n) is 19.8. The number of nitrogens with one attached hydrogen (secondary N) is 1. The van der Waals surface area contributed by atoms with Gasteiger partial charge < -0.3 is 10.2 Å². The van der Waals surface area contributed by atoms with Crippen LogP contribution < -0.4 is 10.5 Å². The van der Waals surface area contributed by atoms with Gasteiger partial charge in [0, 0.05) is 18.8 Å². The number of nitrogens with two attached hydrogens (primary N) is 1. The lowest BCUT2D eigenvalue weighted by atomic mass is 9.81. The van der Waals surface area contributed by atoms with Gasteiger partial charge in [-0.2, -0.15) is 0 Å². The van der Waals surface area contributed by atoms with Gasteiger partial charge in [0.2, 0.25) is 21.8 Å². The molecule has 3 aromatic carbocycles. The number of benzene rings is 3. The van der Waals surface area contributed by atoms with E-state index in [-0.39, 0.29) is 16.7 Å². The molecule has 2 atom stereocenters. The van der Waals surface area contributed by atoms with Crippen molar-refractivity contribution in [3.05, 3.63) is 108 Å². The number of allylic oxidation sites excluding steroid dienone is 2. The van der Waals surface area contributed by atoms with Crippen LogP contribution in [0.15, 0.2) is 102 Å². The van der Waals surface area contributed by atoms with Crippen molar-refractivity contribution in [1.82, 2.24) is 4.90 Å². The number of sulfonamides is 1. The highest BCUT2D eigenvalue weighted by Crippen LogP contribution is 2.30. The van der Waals surface area contributed by atoms with Crippen LogP contribution >= 0.6 is 0 Å². The molecule has 0 bridgehead atoms. The van der Waals surface area contributed by atoms with Crippen LogP contribution in [0.25, 0.3) is 0 Å². The largest absolute Gasteiger partial charge is 0.334 e. The molecular formula is C28H29N3O4S. The molecular weight excluding hydrogens is 474 g/mol. The topological polar surface area (TPSA) is 110 Å². The maximum absolute atomic E-state index is 13.9. The van der Waals surface area contributed by atoms with E-state index in [0.29, 0.717) is 31.6 Å². The molecule has 0 heterocycles. The van der Waals surface area contributed by atoms with Crippen molar-refractivity contribution in [2.45, 2.75) is 30.8 Å².